The van der Waals surface area contributed by atoms with E-state index in [4.69, 9.17) is 5.73 Å². The van der Waals surface area contributed by atoms with Crippen LogP contribution >= 0.6 is 0 Å². The van der Waals surface area contributed by atoms with Gasteiger partial charge in [-0.05, 0) is 12.1 Å². The Morgan fingerprint density at radius 2 is 2.46 bits per heavy atom. The van der Waals surface area contributed by atoms with Crippen LogP contribution in [0.2, 0.25) is 0 Å². The van der Waals surface area contributed by atoms with Gasteiger partial charge in [0.05, 0.1) is 11.9 Å². The van der Waals surface area contributed by atoms with Crippen LogP contribution in [0, 0.1) is 0 Å². The minimum Gasteiger partial charge on any atom is -0.361 e. The van der Waals surface area contributed by atoms with E-state index in [-0.39, 0.29) is 0 Å². The third-order valence-electron chi connectivity index (χ3n) is 2.14. The summed E-state index contributed by atoms with van der Waals surface area (Å²) in [7, 11) is 1.90. The molecule has 0 atom stereocenters. The van der Waals surface area contributed by atoms with Crippen LogP contribution in [-0.4, -0.2) is 14.8 Å². The molecule has 0 bridgehead atoms. The fourth-order valence-electron chi connectivity index (χ4n) is 1.43. The van der Waals surface area contributed by atoms with Gasteiger partial charge < -0.3 is 10.7 Å². The second-order valence-corrected chi connectivity index (χ2v) is 2.92. The topological polar surface area (TPSA) is 59.6 Å². The number of aromatic amines is 1. The summed E-state index contributed by atoms with van der Waals surface area (Å²) in [6, 6.07) is 3.97. The molecule has 0 aliphatic heterocycles. The van der Waals surface area contributed by atoms with Crippen molar-refractivity contribution in [2.75, 3.05) is 0 Å². The minimum absolute atomic E-state index is 0.505. The van der Waals surface area contributed by atoms with Gasteiger partial charge >= 0.3 is 0 Å². The molecule has 0 amide bonds. The monoisotopic (exact) mass is 176 g/mol. The molecule has 2 aromatic rings. The Morgan fingerprint density at radius 3 is 3.08 bits per heavy atom. The summed E-state index contributed by atoms with van der Waals surface area (Å²) in [6.45, 7) is 0.505. The average molecular weight is 176 g/mol. The van der Waals surface area contributed by atoms with Crippen LogP contribution in [0.15, 0.2) is 24.5 Å². The fraction of sp³-hybridized carbons (Fsp3) is 0.222. The van der Waals surface area contributed by atoms with Crippen molar-refractivity contribution < 1.29 is 0 Å². The van der Waals surface area contributed by atoms with E-state index in [1.54, 1.807) is 4.68 Å². The van der Waals surface area contributed by atoms with Gasteiger partial charge in [-0.25, -0.2) is 0 Å². The van der Waals surface area contributed by atoms with Gasteiger partial charge in [-0.1, -0.05) is 0 Å². The normalized spacial score (nSPS) is 10.6. The van der Waals surface area contributed by atoms with Crippen molar-refractivity contribution in [3.63, 3.8) is 0 Å². The molecule has 0 unspecified atom stereocenters. The van der Waals surface area contributed by atoms with E-state index >= 15 is 0 Å². The highest BCUT2D eigenvalue weighted by atomic mass is 15.3. The van der Waals surface area contributed by atoms with E-state index in [9.17, 15) is 0 Å². The SMILES string of the molecule is Cn1ncc(-c2ccc[nH]2)c1CN. The van der Waals surface area contributed by atoms with E-state index in [1.807, 2.05) is 31.6 Å². The van der Waals surface area contributed by atoms with Crippen molar-refractivity contribution in [3.8, 4) is 11.3 Å². The first-order chi connectivity index (χ1) is 6.33. The largest absolute Gasteiger partial charge is 0.361 e. The van der Waals surface area contributed by atoms with Crippen molar-refractivity contribution in [2.24, 2.45) is 12.8 Å². The number of hydrogen-bond donors (Lipinski definition) is 2. The maximum Gasteiger partial charge on any atom is 0.0609 e. The molecule has 2 aromatic heterocycles. The second-order valence-electron chi connectivity index (χ2n) is 2.92. The van der Waals surface area contributed by atoms with Gasteiger partial charge in [-0.2, -0.15) is 5.10 Å². The van der Waals surface area contributed by atoms with Crippen LogP contribution in [0.3, 0.4) is 0 Å². The van der Waals surface area contributed by atoms with Crippen LogP contribution in [-0.2, 0) is 13.6 Å². The molecular formula is C9H12N4. The van der Waals surface area contributed by atoms with Gasteiger partial charge in [0.15, 0.2) is 0 Å². The Hall–Kier alpha value is -1.55. The smallest absolute Gasteiger partial charge is 0.0609 e. The molecule has 4 heteroatoms. The maximum absolute atomic E-state index is 5.63. The van der Waals surface area contributed by atoms with Crippen molar-refractivity contribution in [2.45, 2.75) is 6.54 Å². The quantitative estimate of drug-likeness (QED) is 0.713. The van der Waals surface area contributed by atoms with Crippen LogP contribution in [0.4, 0.5) is 0 Å². The summed E-state index contributed by atoms with van der Waals surface area (Å²) >= 11 is 0. The first-order valence-electron chi connectivity index (χ1n) is 4.17. The summed E-state index contributed by atoms with van der Waals surface area (Å²) in [6.07, 6.45) is 3.72. The van der Waals surface area contributed by atoms with Crippen molar-refractivity contribution >= 4 is 0 Å². The number of aromatic nitrogens is 3. The molecule has 13 heavy (non-hydrogen) atoms. The molecule has 0 aliphatic carbocycles. The molecule has 0 fully saturated rings. The molecule has 2 rings (SSSR count). The predicted octanol–water partition coefficient (Wildman–Crippen LogP) is 0.874. The number of hydrogen-bond acceptors (Lipinski definition) is 2. The third kappa shape index (κ3) is 1.25. The molecular weight excluding hydrogens is 164 g/mol. The lowest BCUT2D eigenvalue weighted by Crippen LogP contribution is -2.05. The molecule has 4 nitrogen and oxygen atoms in total. The molecule has 3 N–H and O–H groups in total. The summed E-state index contributed by atoms with van der Waals surface area (Å²) in [4.78, 5) is 3.13. The number of rotatable bonds is 2. The Morgan fingerprint density at radius 1 is 1.62 bits per heavy atom. The number of H-pyrrole nitrogens is 1. The van der Waals surface area contributed by atoms with Gasteiger partial charge in [0.2, 0.25) is 0 Å². The average Bonchev–Trinajstić information content (AvgIpc) is 2.71. The lowest BCUT2D eigenvalue weighted by atomic mass is 10.2. The zero-order valence-electron chi connectivity index (χ0n) is 7.49. The van der Waals surface area contributed by atoms with E-state index in [0.29, 0.717) is 6.54 Å². The van der Waals surface area contributed by atoms with Crippen LogP contribution in [0.5, 0.6) is 0 Å². The molecule has 0 saturated heterocycles. The molecule has 68 valence electrons. The van der Waals surface area contributed by atoms with Crippen LogP contribution < -0.4 is 5.73 Å². The van der Waals surface area contributed by atoms with Crippen molar-refractivity contribution in [1.29, 1.82) is 0 Å². The molecule has 0 aliphatic rings. The van der Waals surface area contributed by atoms with E-state index in [2.05, 4.69) is 10.1 Å². The highest BCUT2D eigenvalue weighted by Gasteiger charge is 2.08. The van der Waals surface area contributed by atoms with Gasteiger partial charge in [0.25, 0.3) is 0 Å². The Bertz CT molecular complexity index is 386. The van der Waals surface area contributed by atoms with E-state index in [0.717, 1.165) is 17.0 Å². The number of nitrogens with zero attached hydrogens (tertiary/aromatic N) is 2. The number of aryl methyl sites for hydroxylation is 1. The molecule has 0 aromatic carbocycles. The Kier molecular flexibility index (Phi) is 1.90. The maximum atomic E-state index is 5.63. The standard InChI is InChI=1S/C9H12N4/c1-13-9(5-10)7(6-12-13)8-3-2-4-11-8/h2-4,6,11H,5,10H2,1H3. The van der Waals surface area contributed by atoms with E-state index < -0.39 is 0 Å². The zero-order valence-corrected chi connectivity index (χ0v) is 7.49. The van der Waals surface area contributed by atoms with Crippen LogP contribution in [0.25, 0.3) is 11.3 Å². The first kappa shape index (κ1) is 8.07. The zero-order chi connectivity index (χ0) is 9.26. The minimum atomic E-state index is 0.505. The highest BCUT2D eigenvalue weighted by molar-refractivity contribution is 5.61. The number of nitrogens with one attached hydrogen (secondary N) is 1. The lowest BCUT2D eigenvalue weighted by molar-refractivity contribution is 0.712. The van der Waals surface area contributed by atoms with Gasteiger partial charge in [0, 0.05) is 31.0 Å². The Labute approximate surface area is 76.4 Å². The van der Waals surface area contributed by atoms with Gasteiger partial charge in [-0.15, -0.1) is 0 Å². The van der Waals surface area contributed by atoms with Crippen molar-refractivity contribution in [3.05, 3.63) is 30.2 Å². The summed E-state index contributed by atoms with van der Waals surface area (Å²) < 4.78 is 1.80. The summed E-state index contributed by atoms with van der Waals surface area (Å²) in [5, 5.41) is 4.16. The second kappa shape index (κ2) is 3.06. The first-order valence-corrected chi connectivity index (χ1v) is 4.17. The summed E-state index contributed by atoms with van der Waals surface area (Å²) in [5.74, 6) is 0. The summed E-state index contributed by atoms with van der Waals surface area (Å²) in [5.41, 5.74) is 8.81. The molecule has 2 heterocycles. The Balaban J connectivity index is 2.52. The van der Waals surface area contributed by atoms with E-state index in [1.165, 1.54) is 0 Å². The predicted molar refractivity (Wildman–Crippen MR) is 50.9 cm³/mol. The lowest BCUT2D eigenvalue weighted by Gasteiger charge is -2.00. The molecule has 0 saturated carbocycles. The highest BCUT2D eigenvalue weighted by Crippen LogP contribution is 2.20. The number of nitrogens with two attached hydrogens (primary N) is 1. The molecule has 0 radical (unpaired) electrons. The fourth-order valence-corrected chi connectivity index (χ4v) is 1.43. The van der Waals surface area contributed by atoms with Gasteiger partial charge in [-0.3, -0.25) is 4.68 Å². The third-order valence-corrected chi connectivity index (χ3v) is 2.14. The van der Waals surface area contributed by atoms with Crippen LogP contribution in [0.1, 0.15) is 5.69 Å². The molecule has 0 spiro atoms. The van der Waals surface area contributed by atoms with Gasteiger partial charge in [0.1, 0.15) is 0 Å². The van der Waals surface area contributed by atoms with Crippen molar-refractivity contribution in [1.82, 2.24) is 14.8 Å².